The second-order valence-corrected chi connectivity index (χ2v) is 4.19. The Morgan fingerprint density at radius 2 is 2.00 bits per heavy atom. The Labute approximate surface area is 83.6 Å². The molecule has 1 aliphatic heterocycles. The van der Waals surface area contributed by atoms with Crippen LogP contribution in [0.3, 0.4) is 0 Å². The highest BCUT2D eigenvalue weighted by molar-refractivity contribution is 6.09. The van der Waals surface area contributed by atoms with Gasteiger partial charge in [-0.3, -0.25) is 20.0 Å². The first-order valence-electron chi connectivity index (χ1n) is 5.34. The van der Waals surface area contributed by atoms with Gasteiger partial charge in [0.25, 0.3) is 11.8 Å². The lowest BCUT2D eigenvalue weighted by molar-refractivity contribution is -0.139. The number of nitrogens with one attached hydrogen (secondary N) is 1. The molecular formula is C10H16N2O2. The number of carbonyl (C=O) groups is 2. The molecule has 4 nitrogen and oxygen atoms in total. The molecule has 1 saturated heterocycles. The van der Waals surface area contributed by atoms with Gasteiger partial charge in [0.1, 0.15) is 5.41 Å². The first kappa shape index (κ1) is 9.49. The van der Waals surface area contributed by atoms with Crippen LogP contribution in [0.15, 0.2) is 0 Å². The van der Waals surface area contributed by atoms with Crippen LogP contribution >= 0.6 is 0 Å². The molecule has 14 heavy (non-hydrogen) atoms. The van der Waals surface area contributed by atoms with Crippen LogP contribution in [0.2, 0.25) is 0 Å². The van der Waals surface area contributed by atoms with Crippen LogP contribution in [0.5, 0.6) is 0 Å². The van der Waals surface area contributed by atoms with Crippen LogP contribution in [0.4, 0.5) is 0 Å². The Hall–Kier alpha value is -1.06. The van der Waals surface area contributed by atoms with Gasteiger partial charge >= 0.3 is 0 Å². The summed E-state index contributed by atoms with van der Waals surface area (Å²) >= 11 is 0. The highest BCUT2D eigenvalue weighted by Crippen LogP contribution is 2.42. The highest BCUT2D eigenvalue weighted by Gasteiger charge is 2.55. The molecule has 0 bridgehead atoms. The molecule has 2 amide bonds. The lowest BCUT2D eigenvalue weighted by atomic mass is 9.85. The molecule has 78 valence electrons. The summed E-state index contributed by atoms with van der Waals surface area (Å²) in [5.41, 5.74) is 2.00. The lowest BCUT2D eigenvalue weighted by Crippen LogP contribution is -2.36. The average Bonchev–Trinajstić information content (AvgIpc) is 2.72. The molecule has 0 unspecified atom stereocenters. The van der Waals surface area contributed by atoms with E-state index >= 15 is 0 Å². The Kier molecular flexibility index (Phi) is 2.21. The van der Waals surface area contributed by atoms with Crippen molar-refractivity contribution in [1.82, 2.24) is 10.4 Å². The number of carbonyl (C=O) groups excluding carboxylic acids is 2. The molecule has 2 aliphatic rings. The predicted octanol–water partition coefficient (Wildman–Crippen LogP) is 0.830. The zero-order valence-electron chi connectivity index (χ0n) is 8.51. The van der Waals surface area contributed by atoms with Gasteiger partial charge in [-0.2, -0.15) is 0 Å². The highest BCUT2D eigenvalue weighted by atomic mass is 16.2. The second-order valence-electron chi connectivity index (χ2n) is 4.19. The van der Waals surface area contributed by atoms with E-state index in [4.69, 9.17) is 0 Å². The van der Waals surface area contributed by atoms with Crippen molar-refractivity contribution in [2.24, 2.45) is 5.41 Å². The summed E-state index contributed by atoms with van der Waals surface area (Å²) in [4.78, 5) is 23.7. The largest absolute Gasteiger partial charge is 0.272 e. The molecule has 1 aliphatic carbocycles. The van der Waals surface area contributed by atoms with E-state index in [0.29, 0.717) is 6.54 Å². The van der Waals surface area contributed by atoms with E-state index < -0.39 is 5.41 Å². The van der Waals surface area contributed by atoms with Gasteiger partial charge in [-0.25, -0.2) is 0 Å². The summed E-state index contributed by atoms with van der Waals surface area (Å²) in [6.07, 6.45) is 4.34. The Morgan fingerprint density at radius 3 is 2.57 bits per heavy atom. The summed E-state index contributed by atoms with van der Waals surface area (Å²) < 4.78 is 0. The van der Waals surface area contributed by atoms with Crippen molar-refractivity contribution in [1.29, 1.82) is 0 Å². The molecule has 2 fully saturated rings. The fourth-order valence-electron chi connectivity index (χ4n) is 2.44. The molecule has 1 spiro atoms. The average molecular weight is 196 g/mol. The van der Waals surface area contributed by atoms with E-state index in [1.807, 2.05) is 6.92 Å². The molecule has 4 heteroatoms. The van der Waals surface area contributed by atoms with Crippen LogP contribution in [0, 0.1) is 5.41 Å². The number of amides is 2. The maximum absolute atomic E-state index is 12.0. The maximum Gasteiger partial charge on any atom is 0.256 e. The van der Waals surface area contributed by atoms with Crippen LogP contribution in [0.1, 0.15) is 39.0 Å². The minimum absolute atomic E-state index is 0.00171. The summed E-state index contributed by atoms with van der Waals surface area (Å²) in [7, 11) is 0. The van der Waals surface area contributed by atoms with Gasteiger partial charge in [-0.15, -0.1) is 0 Å². The monoisotopic (exact) mass is 196 g/mol. The van der Waals surface area contributed by atoms with Crippen LogP contribution in [-0.2, 0) is 9.59 Å². The minimum atomic E-state index is -0.685. The van der Waals surface area contributed by atoms with Crippen LogP contribution in [0.25, 0.3) is 0 Å². The van der Waals surface area contributed by atoms with Crippen molar-refractivity contribution in [3.8, 4) is 0 Å². The molecule has 0 aromatic carbocycles. The van der Waals surface area contributed by atoms with Gasteiger partial charge in [0.05, 0.1) is 0 Å². The second kappa shape index (κ2) is 3.26. The number of rotatable bonds is 2. The Bertz CT molecular complexity index is 269. The van der Waals surface area contributed by atoms with Gasteiger partial charge in [0, 0.05) is 6.54 Å². The third-order valence-corrected chi connectivity index (χ3v) is 3.23. The molecule has 0 aromatic rings. The number of nitrogens with zero attached hydrogens (tertiary/aromatic N) is 1. The van der Waals surface area contributed by atoms with Crippen molar-refractivity contribution in [3.63, 3.8) is 0 Å². The quantitative estimate of drug-likeness (QED) is 0.665. The van der Waals surface area contributed by atoms with E-state index in [1.54, 1.807) is 0 Å². The standard InChI is InChI=1S/C10H16N2O2/c1-2-7-12-9(14)10(8(13)11-12)5-3-4-6-10/h2-7H2,1H3,(H,11,13). The topological polar surface area (TPSA) is 49.4 Å². The first-order chi connectivity index (χ1) is 6.70. The maximum atomic E-state index is 12.0. The first-order valence-corrected chi connectivity index (χ1v) is 5.34. The minimum Gasteiger partial charge on any atom is -0.272 e. The predicted molar refractivity (Wildman–Crippen MR) is 51.0 cm³/mol. The van der Waals surface area contributed by atoms with E-state index in [0.717, 1.165) is 32.1 Å². The van der Waals surface area contributed by atoms with Gasteiger partial charge < -0.3 is 0 Å². The van der Waals surface area contributed by atoms with Crippen LogP contribution < -0.4 is 5.43 Å². The molecule has 0 atom stereocenters. The van der Waals surface area contributed by atoms with Gasteiger partial charge in [-0.1, -0.05) is 19.8 Å². The fraction of sp³-hybridized carbons (Fsp3) is 0.800. The van der Waals surface area contributed by atoms with E-state index in [-0.39, 0.29) is 11.8 Å². The zero-order valence-corrected chi connectivity index (χ0v) is 8.51. The van der Waals surface area contributed by atoms with Crippen molar-refractivity contribution in [2.75, 3.05) is 6.54 Å². The van der Waals surface area contributed by atoms with E-state index in [9.17, 15) is 9.59 Å². The molecule has 1 heterocycles. The van der Waals surface area contributed by atoms with E-state index in [1.165, 1.54) is 5.01 Å². The fourth-order valence-corrected chi connectivity index (χ4v) is 2.44. The van der Waals surface area contributed by atoms with Gasteiger partial charge in [-0.05, 0) is 19.3 Å². The lowest BCUT2D eigenvalue weighted by Gasteiger charge is -2.17. The van der Waals surface area contributed by atoms with Crippen molar-refractivity contribution < 1.29 is 9.59 Å². The normalized spacial score (nSPS) is 24.8. The number of hydrazine groups is 1. The molecule has 1 saturated carbocycles. The van der Waals surface area contributed by atoms with Gasteiger partial charge in [0.15, 0.2) is 0 Å². The van der Waals surface area contributed by atoms with Crippen molar-refractivity contribution in [2.45, 2.75) is 39.0 Å². The Morgan fingerprint density at radius 1 is 1.36 bits per heavy atom. The van der Waals surface area contributed by atoms with Crippen LogP contribution in [-0.4, -0.2) is 23.4 Å². The summed E-state index contributed by atoms with van der Waals surface area (Å²) in [6, 6.07) is 0. The molecule has 0 aromatic heterocycles. The molecular weight excluding hydrogens is 180 g/mol. The smallest absolute Gasteiger partial charge is 0.256 e. The van der Waals surface area contributed by atoms with Gasteiger partial charge in [0.2, 0.25) is 0 Å². The van der Waals surface area contributed by atoms with Crippen molar-refractivity contribution in [3.05, 3.63) is 0 Å². The third-order valence-electron chi connectivity index (χ3n) is 3.23. The molecule has 2 rings (SSSR count). The zero-order chi connectivity index (χ0) is 10.2. The Balaban J connectivity index is 2.19. The summed E-state index contributed by atoms with van der Waals surface area (Å²) in [5.74, 6) is -0.0738. The number of hydrogen-bond acceptors (Lipinski definition) is 2. The summed E-state index contributed by atoms with van der Waals surface area (Å²) in [5, 5.41) is 1.49. The summed E-state index contributed by atoms with van der Waals surface area (Å²) in [6.45, 7) is 2.63. The SMILES string of the molecule is CCCN1NC(=O)C2(CCCC2)C1=O. The third kappa shape index (κ3) is 1.13. The van der Waals surface area contributed by atoms with Crippen molar-refractivity contribution >= 4 is 11.8 Å². The molecule has 1 N–H and O–H groups in total. The molecule has 0 radical (unpaired) electrons. The number of hydrogen-bond donors (Lipinski definition) is 1. The van der Waals surface area contributed by atoms with E-state index in [2.05, 4.69) is 5.43 Å².